The molecule has 2 heterocycles. The van der Waals surface area contributed by atoms with Gasteiger partial charge in [0.1, 0.15) is 0 Å². The van der Waals surface area contributed by atoms with E-state index in [4.69, 9.17) is 9.63 Å². The zero-order chi connectivity index (χ0) is 14.6. The van der Waals surface area contributed by atoms with Gasteiger partial charge in [-0.25, -0.2) is 0 Å². The van der Waals surface area contributed by atoms with E-state index in [-0.39, 0.29) is 25.6 Å². The van der Waals surface area contributed by atoms with Crippen molar-refractivity contribution >= 4 is 11.3 Å². The van der Waals surface area contributed by atoms with E-state index >= 15 is 0 Å². The monoisotopic (exact) mass is 307 g/mol. The van der Waals surface area contributed by atoms with Crippen molar-refractivity contribution in [2.24, 2.45) is 0 Å². The number of aliphatic hydroxyl groups is 1. The molecule has 2 aromatic heterocycles. The summed E-state index contributed by atoms with van der Waals surface area (Å²) in [7, 11) is 0. The molecule has 0 radical (unpaired) electrons. The van der Waals surface area contributed by atoms with Gasteiger partial charge in [0.25, 0.3) is 0 Å². The Hall–Kier alpha value is -1.45. The fourth-order valence-electron chi connectivity index (χ4n) is 1.63. The van der Waals surface area contributed by atoms with Gasteiger partial charge in [0.15, 0.2) is 0 Å². The minimum atomic E-state index is -4.34. The highest BCUT2D eigenvalue weighted by atomic mass is 32.1. The third kappa shape index (κ3) is 4.29. The average molecular weight is 307 g/mol. The summed E-state index contributed by atoms with van der Waals surface area (Å²) >= 11 is 1.46. The number of aromatic nitrogens is 2. The van der Waals surface area contributed by atoms with Crippen molar-refractivity contribution in [3.8, 4) is 11.4 Å². The van der Waals surface area contributed by atoms with Crippen LogP contribution in [0.15, 0.2) is 21.3 Å². The Morgan fingerprint density at radius 3 is 2.80 bits per heavy atom. The van der Waals surface area contributed by atoms with Crippen LogP contribution in [0.4, 0.5) is 13.2 Å². The van der Waals surface area contributed by atoms with Gasteiger partial charge >= 0.3 is 6.18 Å². The average Bonchev–Trinajstić information content (AvgIpc) is 2.96. The van der Waals surface area contributed by atoms with Crippen molar-refractivity contribution in [1.82, 2.24) is 15.0 Å². The lowest BCUT2D eigenvalue weighted by Gasteiger charge is -2.20. The van der Waals surface area contributed by atoms with Crippen molar-refractivity contribution in [1.29, 1.82) is 0 Å². The molecule has 0 aromatic carbocycles. The summed E-state index contributed by atoms with van der Waals surface area (Å²) < 4.78 is 42.0. The summed E-state index contributed by atoms with van der Waals surface area (Å²) in [5.41, 5.74) is 0.759. The summed E-state index contributed by atoms with van der Waals surface area (Å²) in [4.78, 5) is 5.05. The normalized spacial score (nSPS) is 12.2. The second-order valence-electron chi connectivity index (χ2n) is 4.07. The summed E-state index contributed by atoms with van der Waals surface area (Å²) in [6.45, 7) is -1.78. The Balaban J connectivity index is 2.03. The van der Waals surface area contributed by atoms with Gasteiger partial charge in [-0.3, -0.25) is 4.90 Å². The van der Waals surface area contributed by atoms with E-state index in [9.17, 15) is 13.2 Å². The number of alkyl halides is 3. The summed E-state index contributed by atoms with van der Waals surface area (Å²) in [6, 6.07) is 1.79. The van der Waals surface area contributed by atoms with Gasteiger partial charge in [0.05, 0.1) is 19.7 Å². The molecule has 9 heteroatoms. The van der Waals surface area contributed by atoms with E-state index in [1.54, 1.807) is 6.07 Å². The largest absolute Gasteiger partial charge is 0.401 e. The Morgan fingerprint density at radius 2 is 2.20 bits per heavy atom. The molecule has 0 unspecified atom stereocenters. The van der Waals surface area contributed by atoms with Crippen molar-refractivity contribution in [3.63, 3.8) is 0 Å². The highest BCUT2D eigenvalue weighted by Crippen LogP contribution is 2.20. The molecule has 0 aliphatic rings. The standard InChI is InChI=1S/C11H12F3N3O2S/c12-11(13,14)7-17(2-3-18)5-9-15-10(16-19-9)8-1-4-20-6-8/h1,4,6,18H,2-3,5,7H2. The maximum Gasteiger partial charge on any atom is 0.401 e. The van der Waals surface area contributed by atoms with Gasteiger partial charge in [0, 0.05) is 17.5 Å². The number of halogens is 3. The first-order chi connectivity index (χ1) is 9.48. The van der Waals surface area contributed by atoms with E-state index in [0.717, 1.165) is 10.5 Å². The number of aliphatic hydroxyl groups excluding tert-OH is 1. The highest BCUT2D eigenvalue weighted by molar-refractivity contribution is 7.08. The van der Waals surface area contributed by atoms with Crippen LogP contribution >= 0.6 is 11.3 Å². The molecule has 2 rings (SSSR count). The lowest BCUT2D eigenvalue weighted by molar-refractivity contribution is -0.148. The smallest absolute Gasteiger partial charge is 0.395 e. The van der Waals surface area contributed by atoms with E-state index in [1.165, 1.54) is 11.3 Å². The molecule has 0 saturated heterocycles. The van der Waals surface area contributed by atoms with Crippen LogP contribution in [-0.4, -0.2) is 46.0 Å². The van der Waals surface area contributed by atoms with Gasteiger partial charge in [-0.05, 0) is 11.4 Å². The molecule has 2 aromatic rings. The lowest BCUT2D eigenvalue weighted by Crippen LogP contribution is -2.35. The summed E-state index contributed by atoms with van der Waals surface area (Å²) in [5.74, 6) is 0.432. The number of thiophene rings is 1. The maximum absolute atomic E-state index is 12.4. The second-order valence-corrected chi connectivity index (χ2v) is 4.85. The third-order valence-electron chi connectivity index (χ3n) is 2.43. The second kappa shape index (κ2) is 6.33. The van der Waals surface area contributed by atoms with Crippen LogP contribution in [0, 0.1) is 0 Å². The number of hydrogen-bond acceptors (Lipinski definition) is 6. The van der Waals surface area contributed by atoms with Gasteiger partial charge in [-0.15, -0.1) is 0 Å². The van der Waals surface area contributed by atoms with Gasteiger partial charge in [0.2, 0.25) is 11.7 Å². The Morgan fingerprint density at radius 1 is 1.40 bits per heavy atom. The highest BCUT2D eigenvalue weighted by Gasteiger charge is 2.31. The zero-order valence-electron chi connectivity index (χ0n) is 10.3. The first kappa shape index (κ1) is 14.9. The molecule has 5 nitrogen and oxygen atoms in total. The molecule has 0 aliphatic carbocycles. The molecule has 0 spiro atoms. The first-order valence-electron chi connectivity index (χ1n) is 5.73. The summed E-state index contributed by atoms with van der Waals surface area (Å²) in [6.07, 6.45) is -4.34. The molecular weight excluding hydrogens is 295 g/mol. The quantitative estimate of drug-likeness (QED) is 0.886. The van der Waals surface area contributed by atoms with E-state index in [1.807, 2.05) is 10.8 Å². The van der Waals surface area contributed by atoms with E-state index < -0.39 is 12.7 Å². The van der Waals surface area contributed by atoms with Crippen LogP contribution in [0.3, 0.4) is 0 Å². The topological polar surface area (TPSA) is 62.4 Å². The predicted molar refractivity (Wildman–Crippen MR) is 66.0 cm³/mol. The number of rotatable bonds is 6. The molecule has 20 heavy (non-hydrogen) atoms. The van der Waals surface area contributed by atoms with E-state index in [2.05, 4.69) is 10.1 Å². The maximum atomic E-state index is 12.4. The molecule has 0 saturated carbocycles. The van der Waals surface area contributed by atoms with Crippen molar-refractivity contribution in [2.75, 3.05) is 19.7 Å². The number of hydrogen-bond donors (Lipinski definition) is 1. The molecule has 0 aliphatic heterocycles. The molecule has 1 N–H and O–H groups in total. The van der Waals surface area contributed by atoms with Gasteiger partial charge in [-0.1, -0.05) is 5.16 Å². The van der Waals surface area contributed by atoms with Crippen LogP contribution in [0.5, 0.6) is 0 Å². The minimum absolute atomic E-state index is 0.0869. The van der Waals surface area contributed by atoms with Crippen LogP contribution in [0.1, 0.15) is 5.89 Å². The van der Waals surface area contributed by atoms with Gasteiger partial charge in [-0.2, -0.15) is 29.5 Å². The summed E-state index contributed by atoms with van der Waals surface area (Å²) in [5, 5.41) is 16.2. The first-order valence-corrected chi connectivity index (χ1v) is 6.67. The van der Waals surface area contributed by atoms with E-state index in [0.29, 0.717) is 5.82 Å². The van der Waals surface area contributed by atoms with Gasteiger partial charge < -0.3 is 9.63 Å². The lowest BCUT2D eigenvalue weighted by atomic mass is 10.3. The fraction of sp³-hybridized carbons (Fsp3) is 0.455. The van der Waals surface area contributed by atoms with Crippen molar-refractivity contribution < 1.29 is 22.8 Å². The Bertz CT molecular complexity index is 527. The zero-order valence-corrected chi connectivity index (χ0v) is 11.1. The molecule has 0 atom stereocenters. The van der Waals surface area contributed by atoms with Crippen LogP contribution in [0.25, 0.3) is 11.4 Å². The SMILES string of the molecule is OCCN(Cc1nc(-c2ccsc2)no1)CC(F)(F)F. The van der Waals surface area contributed by atoms with Crippen molar-refractivity contribution in [2.45, 2.75) is 12.7 Å². The van der Waals surface area contributed by atoms with Crippen LogP contribution in [-0.2, 0) is 6.54 Å². The van der Waals surface area contributed by atoms with Crippen LogP contribution in [0.2, 0.25) is 0 Å². The molecule has 0 bridgehead atoms. The Kier molecular flexibility index (Phi) is 4.73. The molecule has 0 amide bonds. The Labute approximate surface area is 116 Å². The molecule has 0 fully saturated rings. The molecule has 110 valence electrons. The fourth-order valence-corrected chi connectivity index (χ4v) is 2.26. The van der Waals surface area contributed by atoms with Crippen molar-refractivity contribution in [3.05, 3.63) is 22.7 Å². The minimum Gasteiger partial charge on any atom is -0.395 e. The van der Waals surface area contributed by atoms with Crippen LogP contribution < -0.4 is 0 Å². The third-order valence-corrected chi connectivity index (χ3v) is 3.11. The number of nitrogens with zero attached hydrogens (tertiary/aromatic N) is 3. The predicted octanol–water partition coefficient (Wildman–Crippen LogP) is 2.15. The molecular formula is C11H12F3N3O2S.